The number of hydrogen-bond donors (Lipinski definition) is 3. The SMILES string of the molecule is Cl.N#Cc1cc([N+](=O)[O-])ccc1N.NCc1cc([N+](=O)[O-])ccc1N. The third-order valence-electron chi connectivity index (χ3n) is 2.93. The van der Waals surface area contributed by atoms with Crippen LogP contribution in [0.25, 0.3) is 0 Å². The number of non-ortho nitro benzene ring substituents is 2. The molecular weight excluding hydrogens is 352 g/mol. The van der Waals surface area contributed by atoms with E-state index in [4.69, 9.17) is 22.5 Å². The van der Waals surface area contributed by atoms with Gasteiger partial charge < -0.3 is 17.2 Å². The number of nitro benzene ring substituents is 2. The van der Waals surface area contributed by atoms with Crippen LogP contribution in [0.3, 0.4) is 0 Å². The molecule has 0 aliphatic carbocycles. The van der Waals surface area contributed by atoms with E-state index in [-0.39, 0.29) is 41.6 Å². The molecule has 2 aromatic carbocycles. The highest BCUT2D eigenvalue weighted by atomic mass is 35.5. The molecule has 0 bridgehead atoms. The quantitative estimate of drug-likeness (QED) is 0.418. The van der Waals surface area contributed by atoms with E-state index in [1.807, 2.05) is 0 Å². The summed E-state index contributed by atoms with van der Waals surface area (Å²) in [5.41, 5.74) is 17.5. The molecule has 0 heterocycles. The van der Waals surface area contributed by atoms with E-state index >= 15 is 0 Å². The summed E-state index contributed by atoms with van der Waals surface area (Å²) in [6, 6.07) is 9.74. The number of nitrogens with two attached hydrogens (primary N) is 3. The van der Waals surface area contributed by atoms with Gasteiger partial charge in [-0.25, -0.2) is 0 Å². The standard InChI is InChI=1S/C7H9N3O2.C7H5N3O2.ClH/c2*8-4-5-3-6(10(11)12)1-2-7(5)9;/h1-3H,4,8-9H2;1-3H,9H2;1H. The summed E-state index contributed by atoms with van der Waals surface area (Å²) in [6.45, 7) is 0.216. The summed E-state index contributed by atoms with van der Waals surface area (Å²) in [7, 11) is 0. The van der Waals surface area contributed by atoms with Gasteiger partial charge in [0.1, 0.15) is 6.07 Å². The highest BCUT2D eigenvalue weighted by Crippen LogP contribution is 2.19. The highest BCUT2D eigenvalue weighted by molar-refractivity contribution is 5.85. The fourth-order valence-electron chi connectivity index (χ4n) is 1.64. The lowest BCUT2D eigenvalue weighted by Crippen LogP contribution is -2.02. The first-order valence-corrected chi connectivity index (χ1v) is 6.47. The zero-order valence-electron chi connectivity index (χ0n) is 12.8. The predicted molar refractivity (Wildman–Crippen MR) is 94.9 cm³/mol. The molecule has 0 aliphatic heterocycles. The Balaban J connectivity index is 0.000000443. The minimum Gasteiger partial charge on any atom is -0.398 e. The number of nitrogen functional groups attached to an aromatic ring is 2. The Kier molecular flexibility index (Phi) is 8.34. The van der Waals surface area contributed by atoms with Crippen molar-refractivity contribution in [2.75, 3.05) is 11.5 Å². The van der Waals surface area contributed by atoms with Crippen molar-refractivity contribution in [3.8, 4) is 6.07 Å². The molecule has 2 aromatic rings. The third-order valence-corrected chi connectivity index (χ3v) is 2.93. The first-order chi connectivity index (χ1) is 11.3. The molecule has 10 nitrogen and oxygen atoms in total. The van der Waals surface area contributed by atoms with E-state index in [0.717, 1.165) is 6.07 Å². The first-order valence-electron chi connectivity index (χ1n) is 6.47. The lowest BCUT2D eigenvalue weighted by molar-refractivity contribution is -0.385. The number of rotatable bonds is 3. The van der Waals surface area contributed by atoms with Crippen molar-refractivity contribution in [3.63, 3.8) is 0 Å². The van der Waals surface area contributed by atoms with Crippen molar-refractivity contribution in [3.05, 3.63) is 67.8 Å². The zero-order valence-corrected chi connectivity index (χ0v) is 13.6. The molecule has 25 heavy (non-hydrogen) atoms. The van der Waals surface area contributed by atoms with Crippen molar-refractivity contribution in [2.45, 2.75) is 6.54 Å². The van der Waals surface area contributed by atoms with E-state index < -0.39 is 9.85 Å². The average Bonchev–Trinajstić information content (AvgIpc) is 2.55. The monoisotopic (exact) mass is 366 g/mol. The molecular formula is C14H15ClN6O4. The van der Waals surface area contributed by atoms with Gasteiger partial charge in [-0.3, -0.25) is 20.2 Å². The molecule has 0 saturated heterocycles. The van der Waals surface area contributed by atoms with Crippen molar-refractivity contribution >= 4 is 35.2 Å². The number of anilines is 2. The van der Waals surface area contributed by atoms with Gasteiger partial charge in [-0.1, -0.05) is 0 Å². The summed E-state index contributed by atoms with van der Waals surface area (Å²) >= 11 is 0. The minimum absolute atomic E-state index is 0. The van der Waals surface area contributed by atoms with E-state index in [9.17, 15) is 20.2 Å². The molecule has 0 aromatic heterocycles. The van der Waals surface area contributed by atoms with Crippen LogP contribution in [-0.2, 0) is 6.54 Å². The predicted octanol–water partition coefficient (Wildman–Crippen LogP) is 2.11. The Bertz CT molecular complexity index is 821. The van der Waals surface area contributed by atoms with Gasteiger partial charge in [0, 0.05) is 42.2 Å². The van der Waals surface area contributed by atoms with Gasteiger partial charge in [0.15, 0.2) is 0 Å². The maximum absolute atomic E-state index is 10.3. The van der Waals surface area contributed by atoms with Crippen LogP contribution in [0.4, 0.5) is 22.7 Å². The van der Waals surface area contributed by atoms with E-state index in [1.54, 1.807) is 6.07 Å². The van der Waals surface area contributed by atoms with Crippen LogP contribution in [0.5, 0.6) is 0 Å². The van der Waals surface area contributed by atoms with Crippen LogP contribution in [0.15, 0.2) is 36.4 Å². The Morgan fingerprint density at radius 3 is 1.88 bits per heavy atom. The van der Waals surface area contributed by atoms with Gasteiger partial charge in [0.25, 0.3) is 11.4 Å². The second-order valence-electron chi connectivity index (χ2n) is 4.48. The van der Waals surface area contributed by atoms with Gasteiger partial charge in [-0.2, -0.15) is 5.26 Å². The van der Waals surface area contributed by atoms with E-state index in [1.165, 1.54) is 30.3 Å². The van der Waals surface area contributed by atoms with Gasteiger partial charge in [0.2, 0.25) is 0 Å². The topological polar surface area (TPSA) is 188 Å². The molecule has 11 heteroatoms. The summed E-state index contributed by atoms with van der Waals surface area (Å²) in [5, 5.41) is 29.0. The number of nitrogens with zero attached hydrogens (tertiary/aromatic N) is 3. The van der Waals surface area contributed by atoms with Crippen LogP contribution < -0.4 is 17.2 Å². The van der Waals surface area contributed by atoms with Crippen LogP contribution in [-0.4, -0.2) is 9.85 Å². The number of hydrogen-bond acceptors (Lipinski definition) is 8. The fraction of sp³-hybridized carbons (Fsp3) is 0.0714. The largest absolute Gasteiger partial charge is 0.398 e. The summed E-state index contributed by atoms with van der Waals surface area (Å²) in [4.78, 5) is 19.5. The molecule has 0 radical (unpaired) electrons. The first kappa shape index (κ1) is 21.6. The molecule has 0 fully saturated rings. The molecule has 0 unspecified atom stereocenters. The summed E-state index contributed by atoms with van der Waals surface area (Å²) in [5.74, 6) is 0. The highest BCUT2D eigenvalue weighted by Gasteiger charge is 2.08. The Morgan fingerprint density at radius 2 is 1.44 bits per heavy atom. The molecule has 6 N–H and O–H groups in total. The number of halogens is 1. The van der Waals surface area contributed by atoms with Crippen molar-refractivity contribution in [1.82, 2.24) is 0 Å². The molecule has 2 rings (SSSR count). The fourth-order valence-corrected chi connectivity index (χ4v) is 1.64. The van der Waals surface area contributed by atoms with Gasteiger partial charge in [-0.15, -0.1) is 12.4 Å². The molecule has 0 atom stereocenters. The Labute approximate surface area is 148 Å². The van der Waals surface area contributed by atoms with Gasteiger partial charge >= 0.3 is 0 Å². The maximum Gasteiger partial charge on any atom is 0.270 e. The van der Waals surface area contributed by atoms with Crippen LogP contribution >= 0.6 is 12.4 Å². The minimum atomic E-state index is -0.569. The smallest absolute Gasteiger partial charge is 0.270 e. The maximum atomic E-state index is 10.3. The average molecular weight is 367 g/mol. The normalized spacial score (nSPS) is 8.96. The van der Waals surface area contributed by atoms with Crippen molar-refractivity contribution < 1.29 is 9.85 Å². The third kappa shape index (κ3) is 5.94. The van der Waals surface area contributed by atoms with E-state index in [2.05, 4.69) is 0 Å². The van der Waals surface area contributed by atoms with E-state index in [0.29, 0.717) is 11.3 Å². The lowest BCUT2D eigenvalue weighted by atomic mass is 10.1. The van der Waals surface area contributed by atoms with Crippen molar-refractivity contribution in [1.29, 1.82) is 5.26 Å². The molecule has 0 saturated carbocycles. The molecule has 0 amide bonds. The van der Waals surface area contributed by atoms with Crippen LogP contribution in [0.2, 0.25) is 0 Å². The number of nitriles is 1. The summed E-state index contributed by atoms with van der Waals surface area (Å²) in [6.07, 6.45) is 0. The van der Waals surface area contributed by atoms with Crippen molar-refractivity contribution in [2.24, 2.45) is 5.73 Å². The van der Waals surface area contributed by atoms with Gasteiger partial charge in [-0.05, 0) is 17.7 Å². The Morgan fingerprint density at radius 1 is 0.960 bits per heavy atom. The molecule has 0 spiro atoms. The molecule has 0 aliphatic rings. The second-order valence-corrected chi connectivity index (χ2v) is 4.48. The number of nitro groups is 2. The summed E-state index contributed by atoms with van der Waals surface area (Å²) < 4.78 is 0. The van der Waals surface area contributed by atoms with Gasteiger partial charge in [0.05, 0.1) is 15.4 Å². The second kappa shape index (κ2) is 9.66. The van der Waals surface area contributed by atoms with Crippen LogP contribution in [0.1, 0.15) is 11.1 Å². The Hall–Kier alpha value is -3.42. The number of benzene rings is 2. The zero-order chi connectivity index (χ0) is 18.3. The lowest BCUT2D eigenvalue weighted by Gasteiger charge is -2.00. The van der Waals surface area contributed by atoms with Crippen LogP contribution in [0, 0.1) is 31.6 Å². The molecule has 132 valence electrons.